The van der Waals surface area contributed by atoms with Crippen LogP contribution in [0.1, 0.15) is 22.8 Å². The van der Waals surface area contributed by atoms with Gasteiger partial charge in [0.2, 0.25) is 0 Å². The molecule has 1 unspecified atom stereocenters. The van der Waals surface area contributed by atoms with E-state index in [0.717, 1.165) is 29.6 Å². The first-order chi connectivity index (χ1) is 13.3. The lowest BCUT2D eigenvalue weighted by molar-refractivity contribution is 0.105. The van der Waals surface area contributed by atoms with Gasteiger partial charge in [0.25, 0.3) is 0 Å². The average molecular weight is 356 g/mol. The first-order valence-electron chi connectivity index (χ1n) is 9.33. The highest BCUT2D eigenvalue weighted by Gasteiger charge is 2.15. The Bertz CT molecular complexity index is 937. The zero-order valence-corrected chi connectivity index (χ0v) is 15.3. The molecule has 0 aliphatic rings. The molecular formula is C24H24N2O. The Morgan fingerprint density at radius 1 is 0.778 bits per heavy atom. The van der Waals surface area contributed by atoms with Crippen molar-refractivity contribution >= 4 is 10.9 Å². The largest absolute Gasteiger partial charge is 0.387 e. The van der Waals surface area contributed by atoms with Gasteiger partial charge < -0.3 is 10.1 Å². The Kier molecular flexibility index (Phi) is 5.33. The van der Waals surface area contributed by atoms with Gasteiger partial charge in [0, 0.05) is 31.3 Å². The second kappa shape index (κ2) is 8.21. The third-order valence-electron chi connectivity index (χ3n) is 4.89. The maximum absolute atomic E-state index is 10.9. The van der Waals surface area contributed by atoms with E-state index in [1.54, 1.807) is 0 Å². The summed E-state index contributed by atoms with van der Waals surface area (Å²) in [7, 11) is 0. The maximum atomic E-state index is 10.9. The van der Waals surface area contributed by atoms with Crippen LogP contribution >= 0.6 is 0 Å². The normalized spacial score (nSPS) is 12.5. The molecule has 0 fully saturated rings. The molecule has 0 aliphatic carbocycles. The van der Waals surface area contributed by atoms with E-state index >= 15 is 0 Å². The Morgan fingerprint density at radius 3 is 2.04 bits per heavy atom. The van der Waals surface area contributed by atoms with E-state index in [-0.39, 0.29) is 0 Å². The van der Waals surface area contributed by atoms with Crippen molar-refractivity contribution in [3.63, 3.8) is 0 Å². The number of aliphatic hydroxyl groups is 1. The van der Waals surface area contributed by atoms with Gasteiger partial charge in [-0.05, 0) is 34.2 Å². The highest BCUT2D eigenvalue weighted by Crippen LogP contribution is 2.22. The summed E-state index contributed by atoms with van der Waals surface area (Å²) < 4.78 is 0. The van der Waals surface area contributed by atoms with Crippen LogP contribution in [0.4, 0.5) is 0 Å². The second-order valence-corrected chi connectivity index (χ2v) is 6.98. The topological polar surface area (TPSA) is 39.3 Å². The first kappa shape index (κ1) is 17.5. The predicted octanol–water partition coefficient (Wildman–Crippen LogP) is 4.90. The summed E-state index contributed by atoms with van der Waals surface area (Å²) in [6.07, 6.45) is 1.39. The molecule has 3 aromatic carbocycles. The lowest BCUT2D eigenvalue weighted by atomic mass is 10.1. The molecule has 3 heteroatoms. The molecule has 0 bridgehead atoms. The van der Waals surface area contributed by atoms with Crippen LogP contribution in [0.3, 0.4) is 0 Å². The molecule has 4 aromatic rings. The second-order valence-electron chi connectivity index (χ2n) is 6.98. The van der Waals surface area contributed by atoms with E-state index in [2.05, 4.69) is 64.5 Å². The Labute approximate surface area is 159 Å². The van der Waals surface area contributed by atoms with Crippen LogP contribution in [0, 0.1) is 0 Å². The minimum absolute atomic E-state index is 0.537. The van der Waals surface area contributed by atoms with Gasteiger partial charge in [-0.3, -0.25) is 4.90 Å². The fraction of sp³-hybridized carbons (Fsp3) is 0.167. The molecule has 1 heterocycles. The number of rotatable bonds is 7. The van der Waals surface area contributed by atoms with E-state index in [0.29, 0.717) is 6.54 Å². The minimum Gasteiger partial charge on any atom is -0.387 e. The van der Waals surface area contributed by atoms with E-state index < -0.39 is 6.10 Å². The van der Waals surface area contributed by atoms with Gasteiger partial charge >= 0.3 is 0 Å². The van der Waals surface area contributed by atoms with Gasteiger partial charge in [-0.15, -0.1) is 0 Å². The van der Waals surface area contributed by atoms with Crippen molar-refractivity contribution in [3.05, 3.63) is 108 Å². The summed E-state index contributed by atoms with van der Waals surface area (Å²) in [6.45, 7) is 2.19. The quantitative estimate of drug-likeness (QED) is 0.494. The van der Waals surface area contributed by atoms with Gasteiger partial charge in [-0.1, -0.05) is 72.8 Å². The Morgan fingerprint density at radius 2 is 1.41 bits per heavy atom. The van der Waals surface area contributed by atoms with Crippen molar-refractivity contribution < 1.29 is 5.11 Å². The standard InChI is InChI=1S/C24H24N2O/c27-24(22-12-11-21-13-14-25-23(21)15-22)18-26(16-19-7-3-1-4-8-19)17-20-9-5-2-6-10-20/h1-15,24-25,27H,16-18H2. The molecule has 1 atom stereocenters. The summed E-state index contributed by atoms with van der Waals surface area (Å²) in [4.78, 5) is 5.52. The molecule has 0 aliphatic heterocycles. The average Bonchev–Trinajstić information content (AvgIpc) is 3.17. The lowest BCUT2D eigenvalue weighted by Gasteiger charge is -2.25. The molecule has 1 aromatic heterocycles. The summed E-state index contributed by atoms with van der Waals surface area (Å²) >= 11 is 0. The molecule has 0 amide bonds. The van der Waals surface area contributed by atoms with Crippen LogP contribution in [-0.2, 0) is 13.1 Å². The van der Waals surface area contributed by atoms with Crippen molar-refractivity contribution in [1.82, 2.24) is 9.88 Å². The maximum Gasteiger partial charge on any atom is 0.0917 e. The molecule has 0 saturated heterocycles. The van der Waals surface area contributed by atoms with Crippen molar-refractivity contribution in [1.29, 1.82) is 0 Å². The minimum atomic E-state index is -0.537. The molecule has 0 saturated carbocycles. The molecule has 136 valence electrons. The van der Waals surface area contributed by atoms with Crippen molar-refractivity contribution in [2.24, 2.45) is 0 Å². The highest BCUT2D eigenvalue weighted by molar-refractivity contribution is 5.79. The van der Waals surface area contributed by atoms with Crippen molar-refractivity contribution in [3.8, 4) is 0 Å². The number of hydrogen-bond acceptors (Lipinski definition) is 2. The first-order valence-corrected chi connectivity index (χ1v) is 9.33. The third kappa shape index (κ3) is 4.45. The summed E-state index contributed by atoms with van der Waals surface area (Å²) in [5, 5.41) is 12.1. The smallest absolute Gasteiger partial charge is 0.0917 e. The lowest BCUT2D eigenvalue weighted by Crippen LogP contribution is -2.28. The number of H-pyrrole nitrogens is 1. The number of nitrogens with one attached hydrogen (secondary N) is 1. The molecule has 0 radical (unpaired) electrons. The van der Waals surface area contributed by atoms with Crippen LogP contribution in [0.2, 0.25) is 0 Å². The van der Waals surface area contributed by atoms with Gasteiger partial charge in [-0.2, -0.15) is 0 Å². The molecular weight excluding hydrogens is 332 g/mol. The number of aromatic nitrogens is 1. The molecule has 3 nitrogen and oxygen atoms in total. The number of hydrogen-bond donors (Lipinski definition) is 2. The number of nitrogens with zero attached hydrogens (tertiary/aromatic N) is 1. The van der Waals surface area contributed by atoms with Gasteiger partial charge in [0.1, 0.15) is 0 Å². The number of fused-ring (bicyclic) bond motifs is 1. The zero-order valence-electron chi connectivity index (χ0n) is 15.3. The van der Waals surface area contributed by atoms with E-state index in [1.807, 2.05) is 36.5 Å². The fourth-order valence-electron chi connectivity index (χ4n) is 3.49. The predicted molar refractivity (Wildman–Crippen MR) is 110 cm³/mol. The SMILES string of the molecule is OC(CN(Cc1ccccc1)Cc1ccccc1)c1ccc2cc[nH]c2c1. The van der Waals surface area contributed by atoms with Crippen LogP contribution in [-0.4, -0.2) is 21.5 Å². The fourth-order valence-corrected chi connectivity index (χ4v) is 3.49. The van der Waals surface area contributed by atoms with E-state index in [9.17, 15) is 5.11 Å². The monoisotopic (exact) mass is 356 g/mol. The molecule has 0 spiro atoms. The van der Waals surface area contributed by atoms with Crippen LogP contribution in [0.15, 0.2) is 91.1 Å². The van der Waals surface area contributed by atoms with Gasteiger partial charge in [-0.25, -0.2) is 0 Å². The number of aromatic amines is 1. The summed E-state index contributed by atoms with van der Waals surface area (Å²) in [5.41, 5.74) is 4.50. The van der Waals surface area contributed by atoms with E-state index in [4.69, 9.17) is 0 Å². The van der Waals surface area contributed by atoms with Crippen LogP contribution in [0.25, 0.3) is 10.9 Å². The highest BCUT2D eigenvalue weighted by atomic mass is 16.3. The van der Waals surface area contributed by atoms with Crippen molar-refractivity contribution in [2.75, 3.05) is 6.54 Å². The van der Waals surface area contributed by atoms with Crippen molar-refractivity contribution in [2.45, 2.75) is 19.2 Å². The summed E-state index contributed by atoms with van der Waals surface area (Å²) in [5.74, 6) is 0. The number of aliphatic hydroxyl groups excluding tert-OH is 1. The van der Waals surface area contributed by atoms with Gasteiger partial charge in [0.05, 0.1) is 6.10 Å². The number of benzene rings is 3. The van der Waals surface area contributed by atoms with Gasteiger partial charge in [0.15, 0.2) is 0 Å². The Hall–Kier alpha value is -2.88. The van der Waals surface area contributed by atoms with Crippen LogP contribution < -0.4 is 0 Å². The summed E-state index contributed by atoms with van der Waals surface area (Å²) in [6, 6.07) is 29.0. The Balaban J connectivity index is 1.53. The van der Waals surface area contributed by atoms with Crippen LogP contribution in [0.5, 0.6) is 0 Å². The molecule has 27 heavy (non-hydrogen) atoms. The van der Waals surface area contributed by atoms with E-state index in [1.165, 1.54) is 11.1 Å². The molecule has 4 rings (SSSR count). The zero-order chi connectivity index (χ0) is 18.5. The third-order valence-corrected chi connectivity index (χ3v) is 4.89. The molecule has 2 N–H and O–H groups in total.